The molecular formula is C19H17N3O4S3. The number of rotatable bonds is 6. The highest BCUT2D eigenvalue weighted by Gasteiger charge is 2.18. The summed E-state index contributed by atoms with van der Waals surface area (Å²) in [6, 6.07) is 9.89. The topological polar surface area (TPSA) is 98.2 Å². The number of aryl methyl sites for hydroxylation is 1. The van der Waals surface area contributed by atoms with Crippen LogP contribution in [0.15, 0.2) is 41.3 Å². The minimum absolute atomic E-state index is 0.153. The van der Waals surface area contributed by atoms with E-state index in [1.807, 2.05) is 19.1 Å². The monoisotopic (exact) mass is 447 g/mol. The number of hydrogen-bond acceptors (Lipinski definition) is 8. The number of ether oxygens (including phenoxy) is 1. The molecule has 4 rings (SSSR count). The molecule has 0 unspecified atom stereocenters. The zero-order valence-corrected chi connectivity index (χ0v) is 18.1. The summed E-state index contributed by atoms with van der Waals surface area (Å²) in [6.07, 6.45) is -0.153. The molecule has 0 aliphatic rings. The van der Waals surface area contributed by atoms with Gasteiger partial charge in [-0.05, 0) is 43.3 Å². The lowest BCUT2D eigenvalue weighted by atomic mass is 10.3. The van der Waals surface area contributed by atoms with Crippen molar-refractivity contribution in [1.29, 1.82) is 0 Å². The SMILES string of the molecule is COc1ccc(S(=O)(=O)CCC(=O)Nc2nc3ccc4nc(C)sc4c3s2)cc1. The van der Waals surface area contributed by atoms with Gasteiger partial charge in [0.1, 0.15) is 5.75 Å². The summed E-state index contributed by atoms with van der Waals surface area (Å²) in [5, 5.41) is 4.13. The number of anilines is 1. The third kappa shape index (κ3) is 4.09. The summed E-state index contributed by atoms with van der Waals surface area (Å²) in [7, 11) is -2.05. The second-order valence-corrected chi connectivity index (χ2v) is 10.6. The number of hydrogen-bond donors (Lipinski definition) is 1. The maximum absolute atomic E-state index is 12.4. The second kappa shape index (κ2) is 7.69. The van der Waals surface area contributed by atoms with Crippen LogP contribution in [0, 0.1) is 6.92 Å². The minimum Gasteiger partial charge on any atom is -0.497 e. The quantitative estimate of drug-likeness (QED) is 0.479. The van der Waals surface area contributed by atoms with Crippen LogP contribution in [0.4, 0.5) is 5.13 Å². The van der Waals surface area contributed by atoms with Crippen molar-refractivity contribution in [1.82, 2.24) is 9.97 Å². The highest BCUT2D eigenvalue weighted by Crippen LogP contribution is 2.35. The number of amides is 1. The van der Waals surface area contributed by atoms with Crippen LogP contribution < -0.4 is 10.1 Å². The molecule has 0 bridgehead atoms. The zero-order valence-electron chi connectivity index (χ0n) is 15.6. The molecule has 2 aromatic carbocycles. The Morgan fingerprint density at radius 1 is 1.03 bits per heavy atom. The molecule has 0 aliphatic carbocycles. The number of benzene rings is 2. The zero-order chi connectivity index (χ0) is 20.6. The smallest absolute Gasteiger partial charge is 0.227 e. The van der Waals surface area contributed by atoms with Gasteiger partial charge in [0.2, 0.25) is 5.91 Å². The van der Waals surface area contributed by atoms with E-state index in [0.717, 1.165) is 25.4 Å². The predicted octanol–water partition coefficient (Wildman–Crippen LogP) is 4.03. The van der Waals surface area contributed by atoms with Gasteiger partial charge < -0.3 is 10.1 Å². The van der Waals surface area contributed by atoms with E-state index in [9.17, 15) is 13.2 Å². The van der Waals surface area contributed by atoms with Crippen molar-refractivity contribution in [2.45, 2.75) is 18.2 Å². The fourth-order valence-electron chi connectivity index (χ4n) is 2.85. The highest BCUT2D eigenvalue weighted by molar-refractivity contribution is 7.91. The lowest BCUT2D eigenvalue weighted by Crippen LogP contribution is -2.17. The summed E-state index contributed by atoms with van der Waals surface area (Å²) in [6.45, 7) is 1.95. The van der Waals surface area contributed by atoms with E-state index >= 15 is 0 Å². The van der Waals surface area contributed by atoms with Gasteiger partial charge in [-0.1, -0.05) is 11.3 Å². The average Bonchev–Trinajstić information content (AvgIpc) is 3.28. The second-order valence-electron chi connectivity index (χ2n) is 6.31. The third-order valence-corrected chi connectivity index (χ3v) is 8.15. The lowest BCUT2D eigenvalue weighted by Gasteiger charge is -2.06. The van der Waals surface area contributed by atoms with Crippen LogP contribution >= 0.6 is 22.7 Å². The van der Waals surface area contributed by atoms with E-state index in [-0.39, 0.29) is 17.1 Å². The third-order valence-electron chi connectivity index (χ3n) is 4.28. The largest absolute Gasteiger partial charge is 0.497 e. The Morgan fingerprint density at radius 3 is 2.38 bits per heavy atom. The number of carbonyl (C=O) groups is 1. The lowest BCUT2D eigenvalue weighted by molar-refractivity contribution is -0.115. The van der Waals surface area contributed by atoms with Gasteiger partial charge in [-0.2, -0.15) is 0 Å². The average molecular weight is 448 g/mol. The van der Waals surface area contributed by atoms with Gasteiger partial charge in [0.05, 0.1) is 43.2 Å². The number of thiazole rings is 2. The summed E-state index contributed by atoms with van der Waals surface area (Å²) in [5.41, 5.74) is 1.69. The van der Waals surface area contributed by atoms with Crippen molar-refractivity contribution < 1.29 is 17.9 Å². The van der Waals surface area contributed by atoms with Crippen LogP contribution in [0.3, 0.4) is 0 Å². The molecule has 0 radical (unpaired) electrons. The van der Waals surface area contributed by atoms with E-state index in [1.165, 1.54) is 30.6 Å². The van der Waals surface area contributed by atoms with Gasteiger partial charge in [0.25, 0.3) is 0 Å². The first-order chi connectivity index (χ1) is 13.9. The van der Waals surface area contributed by atoms with Crippen LogP contribution in [-0.2, 0) is 14.6 Å². The summed E-state index contributed by atoms with van der Waals surface area (Å²) in [4.78, 5) is 21.4. The Balaban J connectivity index is 1.46. The van der Waals surface area contributed by atoms with Crippen molar-refractivity contribution >= 4 is 64.0 Å². The number of nitrogens with one attached hydrogen (secondary N) is 1. The molecular weight excluding hydrogens is 430 g/mol. The molecule has 1 amide bonds. The first-order valence-electron chi connectivity index (χ1n) is 8.69. The molecule has 29 heavy (non-hydrogen) atoms. The molecule has 1 N–H and O–H groups in total. The van der Waals surface area contributed by atoms with Gasteiger partial charge in [-0.15, -0.1) is 11.3 Å². The van der Waals surface area contributed by atoms with Crippen LogP contribution in [0.25, 0.3) is 20.4 Å². The first kappa shape index (κ1) is 19.7. The van der Waals surface area contributed by atoms with E-state index < -0.39 is 15.7 Å². The summed E-state index contributed by atoms with van der Waals surface area (Å²) < 4.78 is 31.9. The number of aromatic nitrogens is 2. The number of carbonyl (C=O) groups excluding carboxylic acids is 1. The van der Waals surface area contributed by atoms with Gasteiger partial charge in [-0.25, -0.2) is 18.4 Å². The maximum atomic E-state index is 12.4. The molecule has 4 aromatic rings. The minimum atomic E-state index is -3.56. The molecule has 0 saturated heterocycles. The number of nitrogens with zero attached hydrogens (tertiary/aromatic N) is 2. The molecule has 2 heterocycles. The standard InChI is InChI=1S/C19H17N3O4S3/c1-11-20-14-7-8-15-18(17(14)27-11)28-19(21-15)22-16(23)9-10-29(24,25)13-5-3-12(26-2)4-6-13/h3-8H,9-10H2,1-2H3,(H,21,22,23). The van der Waals surface area contributed by atoms with Gasteiger partial charge in [-0.3, -0.25) is 4.79 Å². The van der Waals surface area contributed by atoms with Crippen molar-refractivity contribution in [3.8, 4) is 5.75 Å². The Morgan fingerprint density at radius 2 is 1.69 bits per heavy atom. The molecule has 150 valence electrons. The van der Waals surface area contributed by atoms with E-state index in [2.05, 4.69) is 15.3 Å². The van der Waals surface area contributed by atoms with Crippen molar-refractivity contribution in [2.75, 3.05) is 18.2 Å². The van der Waals surface area contributed by atoms with Gasteiger partial charge >= 0.3 is 0 Å². The van der Waals surface area contributed by atoms with Crippen LogP contribution in [0.1, 0.15) is 11.4 Å². The molecule has 0 spiro atoms. The normalized spacial score (nSPS) is 11.8. The number of fused-ring (bicyclic) bond motifs is 3. The van der Waals surface area contributed by atoms with Gasteiger partial charge in [0.15, 0.2) is 15.0 Å². The molecule has 10 heteroatoms. The van der Waals surface area contributed by atoms with E-state index in [0.29, 0.717) is 10.9 Å². The molecule has 0 atom stereocenters. The molecule has 7 nitrogen and oxygen atoms in total. The fraction of sp³-hybridized carbons (Fsp3) is 0.211. The van der Waals surface area contributed by atoms with Crippen LogP contribution in [0.2, 0.25) is 0 Å². The number of methoxy groups -OCH3 is 1. The van der Waals surface area contributed by atoms with Crippen molar-refractivity contribution in [2.24, 2.45) is 0 Å². The predicted molar refractivity (Wildman–Crippen MR) is 116 cm³/mol. The Labute approximate surface area is 175 Å². The summed E-state index contributed by atoms with van der Waals surface area (Å²) >= 11 is 2.95. The molecule has 2 aromatic heterocycles. The Hall–Kier alpha value is -2.56. The Kier molecular flexibility index (Phi) is 5.24. The van der Waals surface area contributed by atoms with E-state index in [1.54, 1.807) is 23.5 Å². The van der Waals surface area contributed by atoms with Crippen molar-refractivity contribution in [3.63, 3.8) is 0 Å². The highest BCUT2D eigenvalue weighted by atomic mass is 32.2. The summed E-state index contributed by atoms with van der Waals surface area (Å²) in [5.74, 6) is -0.102. The first-order valence-corrected chi connectivity index (χ1v) is 12.0. The van der Waals surface area contributed by atoms with Crippen LogP contribution in [-0.4, -0.2) is 37.2 Å². The maximum Gasteiger partial charge on any atom is 0.227 e. The molecule has 0 saturated carbocycles. The van der Waals surface area contributed by atoms with Gasteiger partial charge in [0, 0.05) is 6.42 Å². The number of sulfone groups is 1. The van der Waals surface area contributed by atoms with Crippen molar-refractivity contribution in [3.05, 3.63) is 41.4 Å². The van der Waals surface area contributed by atoms with Crippen LogP contribution in [0.5, 0.6) is 5.75 Å². The molecule has 0 aliphatic heterocycles. The van der Waals surface area contributed by atoms with E-state index in [4.69, 9.17) is 4.74 Å². The Bertz CT molecular complexity index is 1310. The fourth-order valence-corrected chi connectivity index (χ4v) is 6.11. The molecule has 0 fully saturated rings.